The van der Waals surface area contributed by atoms with Crippen molar-refractivity contribution in [3.05, 3.63) is 40.7 Å². The minimum atomic E-state index is -0.377. The van der Waals surface area contributed by atoms with E-state index in [0.29, 0.717) is 23.1 Å². The molecule has 114 valence electrons. The quantitative estimate of drug-likeness (QED) is 0.919. The molecule has 1 aromatic carbocycles. The molecule has 22 heavy (non-hydrogen) atoms. The largest absolute Gasteiger partial charge is 0.486 e. The second kappa shape index (κ2) is 6.96. The van der Waals surface area contributed by atoms with Crippen molar-refractivity contribution in [1.29, 1.82) is 5.26 Å². The molecule has 0 saturated carbocycles. The fraction of sp³-hybridized carbons (Fsp3) is 0.267. The summed E-state index contributed by atoms with van der Waals surface area (Å²) in [5, 5.41) is 15.7. The van der Waals surface area contributed by atoms with E-state index in [9.17, 15) is 4.79 Å². The maximum atomic E-state index is 11.3. The van der Waals surface area contributed by atoms with Gasteiger partial charge in [-0.25, -0.2) is 0 Å². The molecule has 0 saturated heterocycles. The van der Waals surface area contributed by atoms with Crippen molar-refractivity contribution < 1.29 is 9.53 Å². The van der Waals surface area contributed by atoms with Crippen molar-refractivity contribution in [2.24, 2.45) is 7.05 Å². The normalized spacial score (nSPS) is 10.1. The Morgan fingerprint density at radius 1 is 1.50 bits per heavy atom. The first-order valence-corrected chi connectivity index (χ1v) is 6.96. The second-order valence-corrected chi connectivity index (χ2v) is 5.12. The number of anilines is 1. The van der Waals surface area contributed by atoms with E-state index in [4.69, 9.17) is 21.6 Å². The van der Waals surface area contributed by atoms with Crippen molar-refractivity contribution in [2.45, 2.75) is 20.0 Å². The number of nitrogens with one attached hydrogen (secondary N) is 1. The number of benzene rings is 1. The fourth-order valence-corrected chi connectivity index (χ4v) is 2.16. The Labute approximate surface area is 133 Å². The molecule has 0 aliphatic heterocycles. The molecule has 2 aromatic rings. The van der Waals surface area contributed by atoms with Crippen LogP contribution in [-0.2, 0) is 18.4 Å². The zero-order valence-corrected chi connectivity index (χ0v) is 13.0. The fourth-order valence-electron chi connectivity index (χ4n) is 1.92. The maximum Gasteiger partial charge on any atom is 0.238 e. The van der Waals surface area contributed by atoms with Gasteiger partial charge in [0, 0.05) is 12.7 Å². The first-order chi connectivity index (χ1) is 10.5. The molecule has 1 heterocycles. The third-order valence-electron chi connectivity index (χ3n) is 2.93. The summed E-state index contributed by atoms with van der Waals surface area (Å²) < 4.78 is 7.42. The van der Waals surface area contributed by atoms with Crippen LogP contribution in [0.15, 0.2) is 24.3 Å². The van der Waals surface area contributed by atoms with Crippen LogP contribution < -0.4 is 10.1 Å². The van der Waals surface area contributed by atoms with Gasteiger partial charge in [-0.2, -0.15) is 10.4 Å². The summed E-state index contributed by atoms with van der Waals surface area (Å²) >= 11 is 6.14. The zero-order chi connectivity index (χ0) is 16.1. The van der Waals surface area contributed by atoms with Gasteiger partial charge in [-0.15, -0.1) is 0 Å². The maximum absolute atomic E-state index is 11.3. The van der Waals surface area contributed by atoms with Gasteiger partial charge in [0.15, 0.2) is 0 Å². The lowest BCUT2D eigenvalue weighted by atomic mass is 10.3. The number of nitriles is 1. The van der Waals surface area contributed by atoms with E-state index in [0.717, 1.165) is 11.4 Å². The number of amides is 1. The molecule has 0 atom stereocenters. The highest BCUT2D eigenvalue weighted by Gasteiger charge is 2.08. The number of aromatic nitrogens is 2. The Kier molecular flexibility index (Phi) is 5.02. The highest BCUT2D eigenvalue weighted by atomic mass is 35.5. The number of carbonyl (C=O) groups excluding carboxylic acids is 1. The third-order valence-corrected chi connectivity index (χ3v) is 3.23. The first-order valence-electron chi connectivity index (χ1n) is 6.58. The summed E-state index contributed by atoms with van der Waals surface area (Å²) in [6.45, 7) is 2.26. The van der Waals surface area contributed by atoms with Gasteiger partial charge in [0.25, 0.3) is 0 Å². The van der Waals surface area contributed by atoms with Crippen LogP contribution in [0.3, 0.4) is 0 Å². The summed E-state index contributed by atoms with van der Waals surface area (Å²) in [6.07, 6.45) is -0.199. The average molecular weight is 319 g/mol. The van der Waals surface area contributed by atoms with Crippen molar-refractivity contribution in [2.75, 3.05) is 5.32 Å². The molecule has 0 aliphatic carbocycles. The topological polar surface area (TPSA) is 79.9 Å². The molecule has 0 fully saturated rings. The van der Waals surface area contributed by atoms with E-state index >= 15 is 0 Å². The molecular weight excluding hydrogens is 304 g/mol. The van der Waals surface area contributed by atoms with Crippen LogP contribution in [0.25, 0.3) is 0 Å². The minimum absolute atomic E-state index is 0.199. The predicted molar refractivity (Wildman–Crippen MR) is 82.6 cm³/mol. The van der Waals surface area contributed by atoms with Crippen molar-refractivity contribution >= 4 is 23.2 Å². The lowest BCUT2D eigenvalue weighted by Gasteiger charge is -2.10. The van der Waals surface area contributed by atoms with Crippen LogP contribution in [-0.4, -0.2) is 15.7 Å². The van der Waals surface area contributed by atoms with Crippen molar-refractivity contribution in [3.8, 4) is 11.8 Å². The Morgan fingerprint density at radius 2 is 2.27 bits per heavy atom. The van der Waals surface area contributed by atoms with Crippen LogP contribution in [0, 0.1) is 18.3 Å². The molecule has 0 unspecified atom stereocenters. The highest BCUT2D eigenvalue weighted by molar-refractivity contribution is 6.32. The minimum Gasteiger partial charge on any atom is -0.486 e. The van der Waals surface area contributed by atoms with Crippen LogP contribution in [0.5, 0.6) is 5.75 Å². The molecule has 0 aliphatic rings. The lowest BCUT2D eigenvalue weighted by Crippen LogP contribution is -2.10. The summed E-state index contributed by atoms with van der Waals surface area (Å²) in [5.41, 5.74) is 2.37. The predicted octanol–water partition coefficient (Wildman–Crippen LogP) is 2.81. The molecule has 0 bridgehead atoms. The number of aryl methyl sites for hydroxylation is 2. The Bertz CT molecular complexity index is 734. The van der Waals surface area contributed by atoms with E-state index in [1.807, 2.05) is 20.0 Å². The molecular formula is C15H15ClN4O2. The van der Waals surface area contributed by atoms with Crippen molar-refractivity contribution in [1.82, 2.24) is 9.78 Å². The van der Waals surface area contributed by atoms with Gasteiger partial charge in [-0.3, -0.25) is 9.48 Å². The SMILES string of the molecule is Cc1cc(COc2ccc(NC(=O)CC#N)cc2Cl)n(C)n1. The number of ether oxygens (including phenoxy) is 1. The molecule has 2 rings (SSSR count). The lowest BCUT2D eigenvalue weighted by molar-refractivity contribution is -0.115. The Balaban J connectivity index is 2.02. The van der Waals surface area contributed by atoms with E-state index in [2.05, 4.69) is 10.4 Å². The van der Waals surface area contributed by atoms with Gasteiger partial charge < -0.3 is 10.1 Å². The molecule has 1 amide bonds. The standard InChI is InChI=1S/C15H15ClN4O2/c1-10-7-12(20(2)19-10)9-22-14-4-3-11(8-13(14)16)18-15(21)5-6-17/h3-4,7-8H,5,9H2,1-2H3,(H,18,21). The van der Waals surface area contributed by atoms with Gasteiger partial charge in [0.2, 0.25) is 5.91 Å². The average Bonchev–Trinajstić information content (AvgIpc) is 2.76. The van der Waals surface area contributed by atoms with Crippen LogP contribution >= 0.6 is 11.6 Å². The second-order valence-electron chi connectivity index (χ2n) is 4.72. The summed E-state index contributed by atoms with van der Waals surface area (Å²) in [6, 6.07) is 8.65. The first kappa shape index (κ1) is 15.9. The van der Waals surface area contributed by atoms with E-state index in [-0.39, 0.29) is 12.3 Å². The zero-order valence-electron chi connectivity index (χ0n) is 12.3. The third kappa shape index (κ3) is 3.99. The van der Waals surface area contributed by atoms with Crippen LogP contribution in [0.4, 0.5) is 5.69 Å². The summed E-state index contributed by atoms with van der Waals surface area (Å²) in [5.74, 6) is 0.136. The van der Waals surface area contributed by atoms with Gasteiger partial charge in [0.05, 0.1) is 22.5 Å². The molecule has 1 N–H and O–H groups in total. The summed E-state index contributed by atoms with van der Waals surface area (Å²) in [4.78, 5) is 11.3. The smallest absolute Gasteiger partial charge is 0.238 e. The monoisotopic (exact) mass is 318 g/mol. The van der Waals surface area contributed by atoms with Crippen LogP contribution in [0.2, 0.25) is 5.02 Å². The summed E-state index contributed by atoms with van der Waals surface area (Å²) in [7, 11) is 1.85. The number of carbonyl (C=O) groups is 1. The highest BCUT2D eigenvalue weighted by Crippen LogP contribution is 2.28. The Morgan fingerprint density at radius 3 is 2.86 bits per heavy atom. The Hall–Kier alpha value is -2.52. The van der Waals surface area contributed by atoms with Gasteiger partial charge in [0.1, 0.15) is 18.8 Å². The van der Waals surface area contributed by atoms with Gasteiger partial charge in [-0.1, -0.05) is 11.6 Å². The molecule has 0 spiro atoms. The number of hydrogen-bond acceptors (Lipinski definition) is 4. The molecule has 6 nitrogen and oxygen atoms in total. The number of halogens is 1. The molecule has 0 radical (unpaired) electrons. The molecule has 1 aromatic heterocycles. The van der Waals surface area contributed by atoms with Gasteiger partial charge in [-0.05, 0) is 31.2 Å². The number of nitrogens with zero attached hydrogens (tertiary/aromatic N) is 3. The van der Waals surface area contributed by atoms with Gasteiger partial charge >= 0.3 is 0 Å². The van der Waals surface area contributed by atoms with E-state index < -0.39 is 0 Å². The number of hydrogen-bond donors (Lipinski definition) is 1. The van der Waals surface area contributed by atoms with Crippen LogP contribution in [0.1, 0.15) is 17.8 Å². The van der Waals surface area contributed by atoms with E-state index in [1.165, 1.54) is 0 Å². The number of rotatable bonds is 5. The van der Waals surface area contributed by atoms with Crippen molar-refractivity contribution in [3.63, 3.8) is 0 Å². The van der Waals surface area contributed by atoms with E-state index in [1.54, 1.807) is 29.0 Å². The molecule has 7 heteroatoms.